The Bertz CT molecular complexity index is 755. The molecule has 0 aliphatic rings. The summed E-state index contributed by atoms with van der Waals surface area (Å²) >= 11 is 5.93. The number of nitrogens with zero attached hydrogens (tertiary/aromatic N) is 2. The Morgan fingerprint density at radius 3 is 2.81 bits per heavy atom. The van der Waals surface area contributed by atoms with Gasteiger partial charge in [0.05, 0.1) is 13.2 Å². The lowest BCUT2D eigenvalue weighted by molar-refractivity contribution is 0.275. The molecule has 0 saturated heterocycles. The van der Waals surface area contributed by atoms with Gasteiger partial charge in [0.15, 0.2) is 5.96 Å². The predicted octanol–water partition coefficient (Wildman–Crippen LogP) is 3.06. The highest BCUT2D eigenvalue weighted by Crippen LogP contribution is 2.17. The minimum absolute atomic E-state index is 0.280. The molecule has 0 aliphatic carbocycles. The first kappa shape index (κ1) is 20.0. The van der Waals surface area contributed by atoms with E-state index >= 15 is 0 Å². The lowest BCUT2D eigenvalue weighted by Crippen LogP contribution is -2.40. The van der Waals surface area contributed by atoms with Gasteiger partial charge in [-0.3, -0.25) is 4.99 Å². The number of aliphatic hydroxyl groups is 1. The molecular formula is C19H23ClFN3O2. The summed E-state index contributed by atoms with van der Waals surface area (Å²) in [5.41, 5.74) is 1.14. The van der Waals surface area contributed by atoms with Crippen LogP contribution in [0.3, 0.4) is 0 Å². The zero-order valence-corrected chi connectivity index (χ0v) is 15.6. The Kier molecular flexibility index (Phi) is 7.69. The van der Waals surface area contributed by atoms with Gasteiger partial charge in [-0.2, -0.15) is 0 Å². The normalized spacial score (nSPS) is 11.3. The van der Waals surface area contributed by atoms with E-state index in [4.69, 9.17) is 21.4 Å². The number of ether oxygens (including phenoxy) is 1. The highest BCUT2D eigenvalue weighted by Gasteiger charge is 2.07. The van der Waals surface area contributed by atoms with E-state index in [2.05, 4.69) is 10.3 Å². The van der Waals surface area contributed by atoms with Crippen molar-refractivity contribution in [3.63, 3.8) is 0 Å². The Hall–Kier alpha value is -2.31. The zero-order chi connectivity index (χ0) is 18.9. The summed E-state index contributed by atoms with van der Waals surface area (Å²) in [7, 11) is 3.60. The van der Waals surface area contributed by atoms with Crippen LogP contribution in [0.2, 0.25) is 5.02 Å². The number of halogens is 2. The van der Waals surface area contributed by atoms with Gasteiger partial charge in [0.25, 0.3) is 0 Å². The number of hydrogen-bond acceptors (Lipinski definition) is 3. The molecule has 0 aromatic heterocycles. The van der Waals surface area contributed by atoms with Crippen LogP contribution in [0, 0.1) is 5.82 Å². The molecule has 5 nitrogen and oxygen atoms in total. The van der Waals surface area contributed by atoms with E-state index in [0.29, 0.717) is 30.7 Å². The molecule has 0 amide bonds. The van der Waals surface area contributed by atoms with Gasteiger partial charge >= 0.3 is 0 Å². The van der Waals surface area contributed by atoms with Crippen molar-refractivity contribution >= 4 is 17.6 Å². The van der Waals surface area contributed by atoms with Gasteiger partial charge in [0.2, 0.25) is 0 Å². The number of rotatable bonds is 7. The third-order valence-electron chi connectivity index (χ3n) is 3.80. The lowest BCUT2D eigenvalue weighted by atomic mass is 10.1. The number of likely N-dealkylation sites (N-methyl/N-ethyl adjacent to an activating group) is 1. The van der Waals surface area contributed by atoms with Crippen molar-refractivity contribution in [2.45, 2.75) is 13.2 Å². The minimum atomic E-state index is -0.407. The molecule has 0 fully saturated rings. The summed E-state index contributed by atoms with van der Waals surface area (Å²) in [6.07, 6.45) is 0. The monoisotopic (exact) mass is 379 g/mol. The first-order valence-corrected chi connectivity index (χ1v) is 8.59. The fourth-order valence-electron chi connectivity index (χ4n) is 2.39. The SMILES string of the molecule is CN=C(NCc1ccc(F)c(CO)c1)N(C)CCOc1cccc(Cl)c1. The van der Waals surface area contributed by atoms with E-state index in [1.807, 2.05) is 24.1 Å². The number of aliphatic imine (C=N–C) groups is 1. The zero-order valence-electron chi connectivity index (χ0n) is 14.9. The topological polar surface area (TPSA) is 57.1 Å². The third-order valence-corrected chi connectivity index (χ3v) is 4.03. The van der Waals surface area contributed by atoms with Gasteiger partial charge in [-0.25, -0.2) is 4.39 Å². The summed E-state index contributed by atoms with van der Waals surface area (Å²) in [4.78, 5) is 6.17. The maximum atomic E-state index is 13.4. The molecule has 0 heterocycles. The summed E-state index contributed by atoms with van der Waals surface area (Å²) < 4.78 is 19.1. The van der Waals surface area contributed by atoms with Crippen LogP contribution in [0.4, 0.5) is 4.39 Å². The molecule has 0 spiro atoms. The van der Waals surface area contributed by atoms with E-state index in [0.717, 1.165) is 11.3 Å². The molecule has 0 saturated carbocycles. The van der Waals surface area contributed by atoms with Gasteiger partial charge in [0, 0.05) is 31.2 Å². The fourth-order valence-corrected chi connectivity index (χ4v) is 2.57. The van der Waals surface area contributed by atoms with Gasteiger partial charge in [-0.1, -0.05) is 23.7 Å². The molecule has 0 aliphatic heterocycles. The summed E-state index contributed by atoms with van der Waals surface area (Å²) in [5.74, 6) is 1.00. The largest absolute Gasteiger partial charge is 0.492 e. The molecule has 2 aromatic rings. The van der Waals surface area contributed by atoms with E-state index in [9.17, 15) is 4.39 Å². The van der Waals surface area contributed by atoms with E-state index in [1.165, 1.54) is 6.07 Å². The standard InChI is InChI=1S/C19H23ClFN3O2/c1-22-19(23-12-14-6-7-18(21)15(10-14)13-25)24(2)8-9-26-17-5-3-4-16(20)11-17/h3-7,10-11,25H,8-9,12-13H2,1-2H3,(H,22,23). The number of guanidine groups is 1. The van der Waals surface area contributed by atoms with Crippen molar-refractivity contribution in [2.24, 2.45) is 4.99 Å². The van der Waals surface area contributed by atoms with E-state index < -0.39 is 5.82 Å². The van der Waals surface area contributed by atoms with Crippen LogP contribution < -0.4 is 10.1 Å². The summed E-state index contributed by atoms with van der Waals surface area (Å²) in [6.45, 7) is 1.24. The van der Waals surface area contributed by atoms with Gasteiger partial charge in [0.1, 0.15) is 18.2 Å². The number of benzene rings is 2. The van der Waals surface area contributed by atoms with Gasteiger partial charge in [-0.05, 0) is 35.9 Å². The highest BCUT2D eigenvalue weighted by molar-refractivity contribution is 6.30. The average Bonchev–Trinajstić information content (AvgIpc) is 2.63. The summed E-state index contributed by atoms with van der Waals surface area (Å²) in [5, 5.41) is 13.0. The van der Waals surface area contributed by atoms with Crippen LogP contribution in [-0.2, 0) is 13.2 Å². The molecule has 140 valence electrons. The van der Waals surface area contributed by atoms with Gasteiger partial charge < -0.3 is 20.1 Å². The van der Waals surface area contributed by atoms with Crippen LogP contribution in [0.5, 0.6) is 5.75 Å². The van der Waals surface area contributed by atoms with Crippen molar-refractivity contribution in [2.75, 3.05) is 27.2 Å². The Balaban J connectivity index is 1.83. The van der Waals surface area contributed by atoms with Crippen LogP contribution in [-0.4, -0.2) is 43.2 Å². The van der Waals surface area contributed by atoms with Crippen molar-refractivity contribution in [3.8, 4) is 5.75 Å². The smallest absolute Gasteiger partial charge is 0.193 e. The van der Waals surface area contributed by atoms with Crippen LogP contribution in [0.25, 0.3) is 0 Å². The molecule has 7 heteroatoms. The van der Waals surface area contributed by atoms with Crippen molar-refractivity contribution in [1.29, 1.82) is 0 Å². The van der Waals surface area contributed by atoms with Crippen LogP contribution in [0.15, 0.2) is 47.5 Å². The predicted molar refractivity (Wildman–Crippen MR) is 102 cm³/mol. The Labute approximate surface area is 158 Å². The van der Waals surface area contributed by atoms with Crippen molar-refractivity contribution in [1.82, 2.24) is 10.2 Å². The molecule has 0 bridgehead atoms. The van der Waals surface area contributed by atoms with Crippen molar-refractivity contribution in [3.05, 3.63) is 64.4 Å². The second-order valence-corrected chi connectivity index (χ2v) is 6.15. The second-order valence-electron chi connectivity index (χ2n) is 5.71. The molecule has 0 unspecified atom stereocenters. The van der Waals surface area contributed by atoms with Crippen molar-refractivity contribution < 1.29 is 14.2 Å². The average molecular weight is 380 g/mol. The lowest BCUT2D eigenvalue weighted by Gasteiger charge is -2.22. The minimum Gasteiger partial charge on any atom is -0.492 e. The number of aliphatic hydroxyl groups excluding tert-OH is 1. The van der Waals surface area contributed by atoms with E-state index in [1.54, 1.807) is 31.3 Å². The van der Waals surface area contributed by atoms with E-state index in [-0.39, 0.29) is 12.2 Å². The Morgan fingerprint density at radius 2 is 2.12 bits per heavy atom. The maximum absolute atomic E-state index is 13.4. The first-order valence-electron chi connectivity index (χ1n) is 8.21. The summed E-state index contributed by atoms with van der Waals surface area (Å²) in [6, 6.07) is 11.9. The number of nitrogens with one attached hydrogen (secondary N) is 1. The molecule has 26 heavy (non-hydrogen) atoms. The first-order chi connectivity index (χ1) is 12.5. The quantitative estimate of drug-likeness (QED) is 0.573. The molecular weight excluding hydrogens is 357 g/mol. The molecule has 2 rings (SSSR count). The molecule has 2 aromatic carbocycles. The molecule has 0 radical (unpaired) electrons. The fraction of sp³-hybridized carbons (Fsp3) is 0.316. The molecule has 2 N–H and O–H groups in total. The maximum Gasteiger partial charge on any atom is 0.193 e. The third kappa shape index (κ3) is 5.89. The highest BCUT2D eigenvalue weighted by atomic mass is 35.5. The Morgan fingerprint density at radius 1 is 1.31 bits per heavy atom. The van der Waals surface area contributed by atoms with Crippen LogP contribution in [0.1, 0.15) is 11.1 Å². The van der Waals surface area contributed by atoms with Gasteiger partial charge in [-0.15, -0.1) is 0 Å². The van der Waals surface area contributed by atoms with Crippen LogP contribution >= 0.6 is 11.6 Å². The molecule has 0 atom stereocenters. The number of hydrogen-bond donors (Lipinski definition) is 2. The second kappa shape index (κ2) is 9.99.